The van der Waals surface area contributed by atoms with Crippen LogP contribution >= 0.6 is 0 Å². The SMILES string of the molecule is C=CC1CC(OC(C)=O)CO1. The van der Waals surface area contributed by atoms with E-state index >= 15 is 0 Å². The Morgan fingerprint density at radius 1 is 1.82 bits per heavy atom. The predicted molar refractivity (Wildman–Crippen MR) is 40.1 cm³/mol. The van der Waals surface area contributed by atoms with Crippen molar-refractivity contribution in [3.63, 3.8) is 0 Å². The van der Waals surface area contributed by atoms with E-state index in [2.05, 4.69) is 6.58 Å². The standard InChI is InChI=1S/C8H12O3/c1-3-7-4-8(5-10-7)11-6(2)9/h3,7-8H,1,4-5H2,2H3. The van der Waals surface area contributed by atoms with Gasteiger partial charge < -0.3 is 9.47 Å². The molecule has 3 nitrogen and oxygen atoms in total. The lowest BCUT2D eigenvalue weighted by atomic mass is 10.2. The third-order valence-electron chi connectivity index (χ3n) is 1.59. The Kier molecular flexibility index (Phi) is 2.65. The predicted octanol–water partition coefficient (Wildman–Crippen LogP) is 0.893. The number of carbonyl (C=O) groups excluding carboxylic acids is 1. The quantitative estimate of drug-likeness (QED) is 0.440. The molecule has 2 unspecified atom stereocenters. The first-order chi connectivity index (χ1) is 5.22. The number of hydrogen-bond acceptors (Lipinski definition) is 3. The van der Waals surface area contributed by atoms with Crippen molar-refractivity contribution in [3.8, 4) is 0 Å². The largest absolute Gasteiger partial charge is 0.460 e. The van der Waals surface area contributed by atoms with Crippen molar-refractivity contribution in [2.24, 2.45) is 0 Å². The van der Waals surface area contributed by atoms with Crippen molar-refractivity contribution < 1.29 is 14.3 Å². The summed E-state index contributed by atoms with van der Waals surface area (Å²) >= 11 is 0. The van der Waals surface area contributed by atoms with Gasteiger partial charge in [0.1, 0.15) is 6.10 Å². The maximum Gasteiger partial charge on any atom is 0.302 e. The molecule has 0 aliphatic carbocycles. The van der Waals surface area contributed by atoms with Crippen LogP contribution in [-0.2, 0) is 14.3 Å². The molecule has 0 aromatic heterocycles. The molecule has 1 aliphatic rings. The molecule has 1 rings (SSSR count). The van der Waals surface area contributed by atoms with Crippen LogP contribution in [0, 0.1) is 0 Å². The highest BCUT2D eigenvalue weighted by molar-refractivity contribution is 5.66. The van der Waals surface area contributed by atoms with E-state index in [1.807, 2.05) is 0 Å². The molecular formula is C8H12O3. The van der Waals surface area contributed by atoms with Crippen molar-refractivity contribution in [2.75, 3.05) is 6.61 Å². The summed E-state index contributed by atoms with van der Waals surface area (Å²) < 4.78 is 10.2. The van der Waals surface area contributed by atoms with Gasteiger partial charge in [0.05, 0.1) is 12.7 Å². The van der Waals surface area contributed by atoms with Gasteiger partial charge in [-0.1, -0.05) is 6.08 Å². The van der Waals surface area contributed by atoms with Crippen LogP contribution in [0.2, 0.25) is 0 Å². The highest BCUT2D eigenvalue weighted by Gasteiger charge is 2.25. The van der Waals surface area contributed by atoms with Gasteiger partial charge >= 0.3 is 5.97 Å². The maximum atomic E-state index is 10.5. The van der Waals surface area contributed by atoms with Crippen LogP contribution in [0.4, 0.5) is 0 Å². The van der Waals surface area contributed by atoms with Gasteiger partial charge in [0.2, 0.25) is 0 Å². The van der Waals surface area contributed by atoms with E-state index < -0.39 is 0 Å². The van der Waals surface area contributed by atoms with Crippen LogP contribution in [-0.4, -0.2) is 24.8 Å². The molecule has 0 aromatic rings. The molecule has 0 spiro atoms. The van der Waals surface area contributed by atoms with Crippen LogP contribution < -0.4 is 0 Å². The fourth-order valence-corrected chi connectivity index (χ4v) is 1.11. The molecule has 0 aromatic carbocycles. The molecule has 3 heteroatoms. The fraction of sp³-hybridized carbons (Fsp3) is 0.625. The average molecular weight is 156 g/mol. The van der Waals surface area contributed by atoms with Crippen LogP contribution in [0.5, 0.6) is 0 Å². The van der Waals surface area contributed by atoms with Crippen LogP contribution in [0.1, 0.15) is 13.3 Å². The van der Waals surface area contributed by atoms with E-state index in [1.165, 1.54) is 6.92 Å². The molecule has 0 saturated carbocycles. The van der Waals surface area contributed by atoms with Crippen LogP contribution in [0.3, 0.4) is 0 Å². The fourth-order valence-electron chi connectivity index (χ4n) is 1.11. The first kappa shape index (κ1) is 8.27. The molecule has 0 bridgehead atoms. The summed E-state index contributed by atoms with van der Waals surface area (Å²) in [5, 5.41) is 0. The Labute approximate surface area is 66.0 Å². The van der Waals surface area contributed by atoms with Crippen molar-refractivity contribution in [1.82, 2.24) is 0 Å². The molecule has 1 heterocycles. The highest BCUT2D eigenvalue weighted by atomic mass is 16.6. The highest BCUT2D eigenvalue weighted by Crippen LogP contribution is 2.16. The number of esters is 1. The molecule has 2 atom stereocenters. The number of carbonyl (C=O) groups is 1. The first-order valence-corrected chi connectivity index (χ1v) is 3.63. The number of rotatable bonds is 2. The zero-order valence-electron chi connectivity index (χ0n) is 6.58. The molecule has 1 fully saturated rings. The molecule has 0 N–H and O–H groups in total. The van der Waals surface area contributed by atoms with Crippen molar-refractivity contribution in [1.29, 1.82) is 0 Å². The zero-order chi connectivity index (χ0) is 8.27. The first-order valence-electron chi connectivity index (χ1n) is 3.63. The van der Waals surface area contributed by atoms with Gasteiger partial charge in [0, 0.05) is 13.3 Å². The maximum absolute atomic E-state index is 10.5. The molecular weight excluding hydrogens is 144 g/mol. The van der Waals surface area contributed by atoms with Gasteiger partial charge in [0.25, 0.3) is 0 Å². The Morgan fingerprint density at radius 2 is 2.55 bits per heavy atom. The Balaban J connectivity index is 2.29. The lowest BCUT2D eigenvalue weighted by Gasteiger charge is -2.06. The van der Waals surface area contributed by atoms with E-state index in [4.69, 9.17) is 9.47 Å². The third-order valence-corrected chi connectivity index (χ3v) is 1.59. The second-order valence-corrected chi connectivity index (χ2v) is 2.57. The van der Waals surface area contributed by atoms with Gasteiger partial charge in [-0.05, 0) is 0 Å². The minimum absolute atomic E-state index is 0.0550. The lowest BCUT2D eigenvalue weighted by Crippen LogP contribution is -2.15. The van der Waals surface area contributed by atoms with E-state index in [9.17, 15) is 4.79 Å². The second-order valence-electron chi connectivity index (χ2n) is 2.57. The summed E-state index contributed by atoms with van der Waals surface area (Å²) in [7, 11) is 0. The summed E-state index contributed by atoms with van der Waals surface area (Å²) in [4.78, 5) is 10.5. The Bertz CT molecular complexity index is 165. The summed E-state index contributed by atoms with van der Waals surface area (Å²) in [6, 6.07) is 0. The number of hydrogen-bond donors (Lipinski definition) is 0. The molecule has 62 valence electrons. The summed E-state index contributed by atoms with van der Waals surface area (Å²) in [6.45, 7) is 5.49. The van der Waals surface area contributed by atoms with Crippen molar-refractivity contribution in [3.05, 3.63) is 12.7 Å². The van der Waals surface area contributed by atoms with Gasteiger partial charge in [-0.25, -0.2) is 0 Å². The topological polar surface area (TPSA) is 35.5 Å². The van der Waals surface area contributed by atoms with Gasteiger partial charge in [-0.2, -0.15) is 0 Å². The smallest absolute Gasteiger partial charge is 0.302 e. The Hall–Kier alpha value is -0.830. The van der Waals surface area contributed by atoms with Gasteiger partial charge in [-0.15, -0.1) is 6.58 Å². The van der Waals surface area contributed by atoms with E-state index in [0.717, 1.165) is 6.42 Å². The van der Waals surface area contributed by atoms with Crippen molar-refractivity contribution in [2.45, 2.75) is 25.6 Å². The third kappa shape index (κ3) is 2.35. The summed E-state index contributed by atoms with van der Waals surface area (Å²) in [6.07, 6.45) is 2.45. The summed E-state index contributed by atoms with van der Waals surface area (Å²) in [5.74, 6) is -0.247. The molecule has 0 radical (unpaired) electrons. The number of ether oxygens (including phenoxy) is 2. The lowest BCUT2D eigenvalue weighted by molar-refractivity contribution is -0.146. The minimum Gasteiger partial charge on any atom is -0.460 e. The minimum atomic E-state index is -0.247. The van der Waals surface area contributed by atoms with E-state index in [-0.39, 0.29) is 18.2 Å². The van der Waals surface area contributed by atoms with E-state index in [0.29, 0.717) is 6.61 Å². The molecule has 1 aliphatic heterocycles. The molecule has 0 amide bonds. The summed E-state index contributed by atoms with van der Waals surface area (Å²) in [5.41, 5.74) is 0. The van der Waals surface area contributed by atoms with Gasteiger partial charge in [0.15, 0.2) is 0 Å². The monoisotopic (exact) mass is 156 g/mol. The molecule has 1 saturated heterocycles. The molecule has 11 heavy (non-hydrogen) atoms. The Morgan fingerprint density at radius 3 is 3.00 bits per heavy atom. The normalized spacial score (nSPS) is 29.9. The van der Waals surface area contributed by atoms with Crippen molar-refractivity contribution >= 4 is 5.97 Å². The van der Waals surface area contributed by atoms with E-state index in [1.54, 1.807) is 6.08 Å². The second kappa shape index (κ2) is 3.53. The average Bonchev–Trinajstić information content (AvgIpc) is 2.34. The van der Waals surface area contributed by atoms with Crippen LogP contribution in [0.25, 0.3) is 0 Å². The van der Waals surface area contributed by atoms with Gasteiger partial charge in [-0.3, -0.25) is 4.79 Å². The zero-order valence-corrected chi connectivity index (χ0v) is 6.58. The van der Waals surface area contributed by atoms with Crippen LogP contribution in [0.15, 0.2) is 12.7 Å².